The Hall–Kier alpha value is -3.59. The maximum Gasteiger partial charge on any atom is 0.229 e. The Kier molecular flexibility index (Phi) is 5.23. The van der Waals surface area contributed by atoms with Crippen LogP contribution in [0.15, 0.2) is 48.7 Å². The Morgan fingerprint density at radius 1 is 0.963 bits per heavy atom. The largest absolute Gasteiger partial charge is 0.378 e. The minimum Gasteiger partial charge on any atom is -0.378 e. The van der Waals surface area contributed by atoms with E-state index < -0.39 is 0 Å². The summed E-state index contributed by atoms with van der Waals surface area (Å²) < 4.78 is 0. The molecule has 1 heterocycles. The third-order valence-corrected chi connectivity index (χ3v) is 4.21. The van der Waals surface area contributed by atoms with Crippen LogP contribution in [0.25, 0.3) is 0 Å². The van der Waals surface area contributed by atoms with Crippen molar-refractivity contribution in [2.24, 2.45) is 0 Å². The molecule has 0 bridgehead atoms. The standard InChI is InChI=1S/C21H22N6/c1-14-11-18(27(3)4)12-15(2)20(14)25-19-9-10-23-21(26-19)24-17-7-5-16(13-22)6-8-17/h5-12H,1-4H3,(H2,23,24,25,26). The van der Waals surface area contributed by atoms with Crippen molar-refractivity contribution in [3.8, 4) is 6.07 Å². The van der Waals surface area contributed by atoms with Crippen LogP contribution < -0.4 is 15.5 Å². The molecule has 3 aromatic rings. The predicted octanol–water partition coefficient (Wildman–Crippen LogP) is 4.52. The number of aromatic nitrogens is 2. The summed E-state index contributed by atoms with van der Waals surface area (Å²) >= 11 is 0. The van der Waals surface area contributed by atoms with Crippen LogP contribution in [0.4, 0.5) is 28.8 Å². The average molecular weight is 358 g/mol. The van der Waals surface area contributed by atoms with Crippen LogP contribution in [0, 0.1) is 25.2 Å². The fraction of sp³-hybridized carbons (Fsp3) is 0.190. The molecule has 0 atom stereocenters. The normalized spacial score (nSPS) is 10.2. The number of benzene rings is 2. The molecule has 0 saturated heterocycles. The lowest BCUT2D eigenvalue weighted by molar-refractivity contribution is 1.12. The van der Waals surface area contributed by atoms with Crippen molar-refractivity contribution in [2.45, 2.75) is 13.8 Å². The lowest BCUT2D eigenvalue weighted by atomic mass is 10.1. The molecule has 27 heavy (non-hydrogen) atoms. The fourth-order valence-electron chi connectivity index (χ4n) is 2.77. The van der Waals surface area contributed by atoms with Crippen molar-refractivity contribution in [1.82, 2.24) is 9.97 Å². The second-order valence-corrected chi connectivity index (χ2v) is 6.55. The highest BCUT2D eigenvalue weighted by atomic mass is 15.1. The van der Waals surface area contributed by atoms with Gasteiger partial charge in [-0.25, -0.2) is 4.98 Å². The van der Waals surface area contributed by atoms with Crippen LogP contribution in [-0.4, -0.2) is 24.1 Å². The summed E-state index contributed by atoms with van der Waals surface area (Å²) in [6.07, 6.45) is 1.71. The van der Waals surface area contributed by atoms with E-state index in [-0.39, 0.29) is 0 Å². The van der Waals surface area contributed by atoms with Crippen molar-refractivity contribution >= 4 is 28.8 Å². The third-order valence-electron chi connectivity index (χ3n) is 4.21. The minimum atomic E-state index is 0.491. The van der Waals surface area contributed by atoms with E-state index >= 15 is 0 Å². The Labute approximate surface area is 159 Å². The van der Waals surface area contributed by atoms with Crippen LogP contribution >= 0.6 is 0 Å². The number of anilines is 5. The molecule has 0 aliphatic rings. The van der Waals surface area contributed by atoms with Gasteiger partial charge in [-0.15, -0.1) is 0 Å². The van der Waals surface area contributed by atoms with Crippen LogP contribution in [-0.2, 0) is 0 Å². The number of hydrogen-bond acceptors (Lipinski definition) is 6. The van der Waals surface area contributed by atoms with Gasteiger partial charge in [0, 0.05) is 37.4 Å². The smallest absolute Gasteiger partial charge is 0.229 e. The average Bonchev–Trinajstić information content (AvgIpc) is 2.65. The van der Waals surface area contributed by atoms with E-state index in [1.807, 2.05) is 32.3 Å². The fourth-order valence-corrected chi connectivity index (χ4v) is 2.77. The quantitative estimate of drug-likeness (QED) is 0.698. The molecule has 0 saturated carbocycles. The summed E-state index contributed by atoms with van der Waals surface area (Å²) in [6.45, 7) is 4.17. The molecule has 1 aromatic heterocycles. The number of rotatable bonds is 5. The molecule has 0 spiro atoms. The van der Waals surface area contributed by atoms with Gasteiger partial charge in [-0.05, 0) is 67.4 Å². The molecule has 0 fully saturated rings. The van der Waals surface area contributed by atoms with E-state index in [9.17, 15) is 0 Å². The number of aryl methyl sites for hydroxylation is 2. The molecule has 0 unspecified atom stereocenters. The SMILES string of the molecule is Cc1cc(N(C)C)cc(C)c1Nc1ccnc(Nc2ccc(C#N)cc2)n1. The number of nitrogens with zero attached hydrogens (tertiary/aromatic N) is 4. The summed E-state index contributed by atoms with van der Waals surface area (Å²) in [5.74, 6) is 1.20. The molecular weight excluding hydrogens is 336 g/mol. The molecule has 3 rings (SSSR count). The Morgan fingerprint density at radius 3 is 2.22 bits per heavy atom. The van der Waals surface area contributed by atoms with Crippen molar-refractivity contribution in [3.05, 3.63) is 65.4 Å². The van der Waals surface area contributed by atoms with E-state index in [1.165, 1.54) is 5.69 Å². The van der Waals surface area contributed by atoms with Crippen molar-refractivity contribution in [2.75, 3.05) is 29.6 Å². The third kappa shape index (κ3) is 4.33. The van der Waals surface area contributed by atoms with Crippen molar-refractivity contribution in [1.29, 1.82) is 5.26 Å². The number of hydrogen-bond donors (Lipinski definition) is 2. The maximum atomic E-state index is 8.88. The maximum absolute atomic E-state index is 8.88. The van der Waals surface area contributed by atoms with Crippen LogP contribution in [0.1, 0.15) is 16.7 Å². The molecule has 0 amide bonds. The van der Waals surface area contributed by atoms with Crippen molar-refractivity contribution in [3.63, 3.8) is 0 Å². The molecular formula is C21H22N6. The molecule has 0 aliphatic carbocycles. The van der Waals surface area contributed by atoms with Gasteiger partial charge in [-0.2, -0.15) is 10.2 Å². The zero-order valence-electron chi connectivity index (χ0n) is 15.9. The molecule has 0 radical (unpaired) electrons. The first-order valence-electron chi connectivity index (χ1n) is 8.62. The predicted molar refractivity (Wildman–Crippen MR) is 110 cm³/mol. The van der Waals surface area contributed by atoms with Gasteiger partial charge in [-0.1, -0.05) is 0 Å². The van der Waals surface area contributed by atoms with Gasteiger partial charge < -0.3 is 15.5 Å². The summed E-state index contributed by atoms with van der Waals surface area (Å²) in [5.41, 5.74) is 5.96. The van der Waals surface area contributed by atoms with E-state index in [0.717, 1.165) is 22.5 Å². The molecule has 2 aromatic carbocycles. The first-order valence-corrected chi connectivity index (χ1v) is 8.62. The highest BCUT2D eigenvalue weighted by molar-refractivity contribution is 5.69. The highest BCUT2D eigenvalue weighted by Crippen LogP contribution is 2.28. The molecule has 6 nitrogen and oxygen atoms in total. The zero-order chi connectivity index (χ0) is 19.4. The van der Waals surface area contributed by atoms with Gasteiger partial charge in [0.25, 0.3) is 0 Å². The lowest BCUT2D eigenvalue weighted by Gasteiger charge is -2.18. The van der Waals surface area contributed by atoms with E-state index in [1.54, 1.807) is 18.3 Å². The zero-order valence-corrected chi connectivity index (χ0v) is 15.9. The monoisotopic (exact) mass is 358 g/mol. The van der Waals surface area contributed by atoms with Gasteiger partial charge in [-0.3, -0.25) is 0 Å². The first-order chi connectivity index (χ1) is 13.0. The molecule has 136 valence electrons. The second kappa shape index (κ2) is 7.75. The van der Waals surface area contributed by atoms with Gasteiger partial charge in [0.1, 0.15) is 5.82 Å². The Balaban J connectivity index is 1.81. The summed E-state index contributed by atoms with van der Waals surface area (Å²) in [6, 6.07) is 15.4. The lowest BCUT2D eigenvalue weighted by Crippen LogP contribution is -2.10. The summed E-state index contributed by atoms with van der Waals surface area (Å²) in [5, 5.41) is 15.4. The Morgan fingerprint density at radius 2 is 1.63 bits per heavy atom. The highest BCUT2D eigenvalue weighted by Gasteiger charge is 2.08. The summed E-state index contributed by atoms with van der Waals surface area (Å²) in [7, 11) is 4.07. The minimum absolute atomic E-state index is 0.491. The van der Waals surface area contributed by atoms with Gasteiger partial charge >= 0.3 is 0 Å². The molecule has 2 N–H and O–H groups in total. The second-order valence-electron chi connectivity index (χ2n) is 6.55. The summed E-state index contributed by atoms with van der Waals surface area (Å²) in [4.78, 5) is 10.9. The molecule has 6 heteroatoms. The molecule has 0 aliphatic heterocycles. The van der Waals surface area contributed by atoms with E-state index in [4.69, 9.17) is 5.26 Å². The van der Waals surface area contributed by atoms with Crippen molar-refractivity contribution < 1.29 is 0 Å². The van der Waals surface area contributed by atoms with Crippen LogP contribution in [0.3, 0.4) is 0 Å². The van der Waals surface area contributed by atoms with Gasteiger partial charge in [0.15, 0.2) is 0 Å². The van der Waals surface area contributed by atoms with Crippen LogP contribution in [0.5, 0.6) is 0 Å². The van der Waals surface area contributed by atoms with Crippen LogP contribution in [0.2, 0.25) is 0 Å². The van der Waals surface area contributed by atoms with Gasteiger partial charge in [0.2, 0.25) is 5.95 Å². The first kappa shape index (κ1) is 18.2. The number of nitriles is 1. The number of nitrogens with one attached hydrogen (secondary N) is 2. The van der Waals surface area contributed by atoms with Gasteiger partial charge in [0.05, 0.1) is 11.6 Å². The van der Waals surface area contributed by atoms with E-state index in [0.29, 0.717) is 17.3 Å². The topological polar surface area (TPSA) is 76.9 Å². The van der Waals surface area contributed by atoms with E-state index in [2.05, 4.69) is 57.6 Å². The Bertz CT molecular complexity index is 963.